The van der Waals surface area contributed by atoms with Crippen LogP contribution in [0.25, 0.3) is 0 Å². The molecule has 0 saturated carbocycles. The molecule has 0 bridgehead atoms. The third-order valence-electron chi connectivity index (χ3n) is 3.10. The highest BCUT2D eigenvalue weighted by atomic mass is 32.1. The van der Waals surface area contributed by atoms with Crippen molar-refractivity contribution in [2.24, 2.45) is 5.92 Å². The number of aliphatic carboxylic acids is 1. The van der Waals surface area contributed by atoms with Crippen LogP contribution in [0.15, 0.2) is 11.6 Å². The molecule has 1 aliphatic rings. The van der Waals surface area contributed by atoms with Gasteiger partial charge in [0.15, 0.2) is 0 Å². The van der Waals surface area contributed by atoms with Crippen molar-refractivity contribution in [2.45, 2.75) is 25.8 Å². The van der Waals surface area contributed by atoms with Crippen LogP contribution in [0.2, 0.25) is 0 Å². The second-order valence-electron chi connectivity index (χ2n) is 4.64. The zero-order chi connectivity index (χ0) is 12.6. The minimum Gasteiger partial charge on any atom is -0.481 e. The summed E-state index contributed by atoms with van der Waals surface area (Å²) in [6.07, 6.45) is 1.78. The Morgan fingerprint density at radius 3 is 2.82 bits per heavy atom. The first-order chi connectivity index (χ1) is 7.93. The molecule has 2 rings (SSSR count). The van der Waals surface area contributed by atoms with Gasteiger partial charge in [-0.3, -0.25) is 9.59 Å². The molecule has 2 heterocycles. The minimum absolute atomic E-state index is 0.0874. The van der Waals surface area contributed by atoms with Crippen LogP contribution in [0.3, 0.4) is 0 Å². The number of carbonyl (C=O) groups excluding carboxylic acids is 1. The molecule has 0 aliphatic carbocycles. The quantitative estimate of drug-likeness (QED) is 0.883. The van der Waals surface area contributed by atoms with Crippen LogP contribution in [0.5, 0.6) is 0 Å². The molecular weight excluding hydrogens is 240 g/mol. The molecule has 1 aromatic rings. The summed E-state index contributed by atoms with van der Waals surface area (Å²) in [4.78, 5) is 28.6. The van der Waals surface area contributed by atoms with Gasteiger partial charge in [0.25, 0.3) is 0 Å². The number of nitrogens with zero attached hydrogens (tertiary/aromatic N) is 2. The van der Waals surface area contributed by atoms with Crippen LogP contribution in [-0.2, 0) is 15.1 Å². The largest absolute Gasteiger partial charge is 0.481 e. The molecule has 0 radical (unpaired) electrons. The van der Waals surface area contributed by atoms with Crippen molar-refractivity contribution in [3.63, 3.8) is 0 Å². The van der Waals surface area contributed by atoms with E-state index in [2.05, 4.69) is 4.98 Å². The van der Waals surface area contributed by atoms with Gasteiger partial charge >= 0.3 is 5.97 Å². The highest BCUT2D eigenvalue weighted by molar-refractivity contribution is 7.09. The van der Waals surface area contributed by atoms with Crippen LogP contribution >= 0.6 is 11.3 Å². The van der Waals surface area contributed by atoms with E-state index in [1.54, 1.807) is 11.1 Å². The summed E-state index contributed by atoms with van der Waals surface area (Å²) in [5, 5.41) is 11.6. The lowest BCUT2D eigenvalue weighted by molar-refractivity contribution is -0.141. The highest BCUT2D eigenvalue weighted by Crippen LogP contribution is 2.34. The van der Waals surface area contributed by atoms with Gasteiger partial charge in [0, 0.05) is 24.5 Å². The Bertz CT molecular complexity index is 442. The topological polar surface area (TPSA) is 70.5 Å². The van der Waals surface area contributed by atoms with E-state index in [4.69, 9.17) is 5.11 Å². The molecule has 1 fully saturated rings. The highest BCUT2D eigenvalue weighted by Gasteiger charge is 2.43. The van der Waals surface area contributed by atoms with Gasteiger partial charge in [0.1, 0.15) is 5.01 Å². The molecule has 0 aromatic carbocycles. The zero-order valence-electron chi connectivity index (χ0n) is 9.71. The average Bonchev–Trinajstić information content (AvgIpc) is 2.85. The molecule has 92 valence electrons. The normalized spacial score (nSPS) is 20.9. The second kappa shape index (κ2) is 4.10. The Hall–Kier alpha value is -1.43. The lowest BCUT2D eigenvalue weighted by Crippen LogP contribution is -2.42. The smallest absolute Gasteiger partial charge is 0.308 e. The number of hydrogen-bond acceptors (Lipinski definition) is 4. The molecule has 17 heavy (non-hydrogen) atoms. The van der Waals surface area contributed by atoms with Crippen LogP contribution in [-0.4, -0.2) is 33.4 Å². The summed E-state index contributed by atoms with van der Waals surface area (Å²) in [7, 11) is 0. The monoisotopic (exact) mass is 254 g/mol. The first-order valence-electron chi connectivity index (χ1n) is 5.36. The fourth-order valence-corrected chi connectivity index (χ4v) is 2.83. The predicted octanol–water partition coefficient (Wildman–Crippen LogP) is 1.31. The van der Waals surface area contributed by atoms with Gasteiger partial charge in [-0.25, -0.2) is 4.98 Å². The molecule has 5 nitrogen and oxygen atoms in total. The van der Waals surface area contributed by atoms with E-state index in [9.17, 15) is 9.59 Å². The third-order valence-corrected chi connectivity index (χ3v) is 4.19. The van der Waals surface area contributed by atoms with E-state index in [0.29, 0.717) is 0 Å². The summed E-state index contributed by atoms with van der Waals surface area (Å²) >= 11 is 1.48. The lowest BCUT2D eigenvalue weighted by atomic mass is 10.0. The molecule has 1 aromatic heterocycles. The maximum Gasteiger partial charge on any atom is 0.308 e. The van der Waals surface area contributed by atoms with E-state index in [0.717, 1.165) is 5.01 Å². The van der Waals surface area contributed by atoms with Crippen molar-refractivity contribution in [3.8, 4) is 0 Å². The summed E-state index contributed by atoms with van der Waals surface area (Å²) in [6.45, 7) is 4.06. The van der Waals surface area contributed by atoms with Crippen LogP contribution in [0.1, 0.15) is 25.3 Å². The van der Waals surface area contributed by atoms with Crippen LogP contribution in [0.4, 0.5) is 0 Å². The number of amides is 1. The number of carboxylic acids is 1. The maximum atomic E-state index is 11.9. The van der Waals surface area contributed by atoms with Gasteiger partial charge in [-0.05, 0) is 13.8 Å². The van der Waals surface area contributed by atoms with Gasteiger partial charge < -0.3 is 10.0 Å². The Balaban J connectivity index is 2.23. The molecule has 1 atom stereocenters. The fourth-order valence-electron chi connectivity index (χ4n) is 2.05. The number of rotatable bonds is 3. The molecule has 1 aliphatic heterocycles. The number of likely N-dealkylation sites (tertiary alicyclic amines) is 1. The van der Waals surface area contributed by atoms with E-state index >= 15 is 0 Å². The third kappa shape index (κ3) is 2.04. The Morgan fingerprint density at radius 1 is 1.65 bits per heavy atom. The van der Waals surface area contributed by atoms with E-state index in [1.807, 2.05) is 19.2 Å². The first-order valence-corrected chi connectivity index (χ1v) is 6.24. The summed E-state index contributed by atoms with van der Waals surface area (Å²) in [5.41, 5.74) is -0.532. The van der Waals surface area contributed by atoms with E-state index in [1.165, 1.54) is 11.3 Å². The summed E-state index contributed by atoms with van der Waals surface area (Å²) in [6, 6.07) is 0. The van der Waals surface area contributed by atoms with Gasteiger partial charge in [-0.2, -0.15) is 0 Å². The molecule has 1 unspecified atom stereocenters. The Kier molecular flexibility index (Phi) is 2.91. The van der Waals surface area contributed by atoms with Crippen molar-refractivity contribution in [1.29, 1.82) is 0 Å². The Labute approximate surface area is 103 Å². The SMILES string of the molecule is CC(C)(c1nccs1)N1CC(C(=O)O)CC1=O. The molecule has 6 heteroatoms. The molecular formula is C11H14N2O3S. The average molecular weight is 254 g/mol. The van der Waals surface area contributed by atoms with E-state index < -0.39 is 17.4 Å². The van der Waals surface area contributed by atoms with Crippen molar-refractivity contribution >= 4 is 23.2 Å². The number of aromatic nitrogens is 1. The number of carboxylic acid groups (broad SMARTS) is 1. The number of thiazole rings is 1. The predicted molar refractivity (Wildman–Crippen MR) is 62.6 cm³/mol. The van der Waals surface area contributed by atoms with E-state index in [-0.39, 0.29) is 18.9 Å². The Morgan fingerprint density at radius 2 is 2.35 bits per heavy atom. The summed E-state index contributed by atoms with van der Waals surface area (Å²) in [5.74, 6) is -1.62. The van der Waals surface area contributed by atoms with Gasteiger partial charge in [-0.1, -0.05) is 0 Å². The van der Waals surface area contributed by atoms with Gasteiger partial charge in [0.2, 0.25) is 5.91 Å². The van der Waals surface area contributed by atoms with Gasteiger partial charge in [-0.15, -0.1) is 11.3 Å². The molecule has 1 N–H and O–H groups in total. The second-order valence-corrected chi connectivity index (χ2v) is 5.53. The van der Waals surface area contributed by atoms with Crippen molar-refractivity contribution < 1.29 is 14.7 Å². The fraction of sp³-hybridized carbons (Fsp3) is 0.545. The lowest BCUT2D eigenvalue weighted by Gasteiger charge is -2.33. The molecule has 1 amide bonds. The minimum atomic E-state index is -0.907. The first kappa shape index (κ1) is 12.0. The summed E-state index contributed by atoms with van der Waals surface area (Å²) < 4.78 is 0. The maximum absolute atomic E-state index is 11.9. The zero-order valence-corrected chi connectivity index (χ0v) is 10.5. The van der Waals surface area contributed by atoms with Crippen LogP contribution in [0, 0.1) is 5.92 Å². The molecule has 0 spiro atoms. The van der Waals surface area contributed by atoms with Crippen molar-refractivity contribution in [1.82, 2.24) is 9.88 Å². The number of hydrogen-bond donors (Lipinski definition) is 1. The standard InChI is InChI=1S/C11H14N2O3S/c1-11(2,10-12-3-4-17-10)13-6-7(9(15)16)5-8(13)14/h3-4,7H,5-6H2,1-2H3,(H,15,16). The van der Waals surface area contributed by atoms with Gasteiger partial charge in [0.05, 0.1) is 11.5 Å². The number of carbonyl (C=O) groups is 2. The van der Waals surface area contributed by atoms with Crippen molar-refractivity contribution in [2.75, 3.05) is 6.54 Å². The molecule has 1 saturated heterocycles. The van der Waals surface area contributed by atoms with Crippen molar-refractivity contribution in [3.05, 3.63) is 16.6 Å². The van der Waals surface area contributed by atoms with Crippen LogP contribution < -0.4 is 0 Å².